The van der Waals surface area contributed by atoms with E-state index in [0.717, 1.165) is 25.9 Å². The van der Waals surface area contributed by atoms with Gasteiger partial charge in [0.1, 0.15) is 0 Å². The fraction of sp³-hybridized carbons (Fsp3) is 0.556. The van der Waals surface area contributed by atoms with Crippen molar-refractivity contribution in [3.8, 4) is 0 Å². The van der Waals surface area contributed by atoms with Gasteiger partial charge in [-0.2, -0.15) is 0 Å². The second kappa shape index (κ2) is 7.32. The number of likely N-dealkylation sites (tertiary alicyclic amines) is 1. The van der Waals surface area contributed by atoms with Crippen LogP contribution in [0, 0.1) is 5.92 Å². The van der Waals surface area contributed by atoms with E-state index in [-0.39, 0.29) is 24.0 Å². The number of urea groups is 1. The number of nitrogens with two attached hydrogens (primary N) is 1. The summed E-state index contributed by atoms with van der Waals surface area (Å²) in [7, 11) is 0. The quantitative estimate of drug-likeness (QED) is 0.753. The average molecular weight is 330 g/mol. The second-order valence-corrected chi connectivity index (χ2v) is 6.88. The largest absolute Gasteiger partial charge is 0.335 e. The van der Waals surface area contributed by atoms with E-state index >= 15 is 0 Å². The van der Waals surface area contributed by atoms with Gasteiger partial charge < -0.3 is 11.1 Å². The van der Waals surface area contributed by atoms with Crippen LogP contribution in [0.5, 0.6) is 0 Å². The maximum Gasteiger partial charge on any atom is 0.321 e. The van der Waals surface area contributed by atoms with Crippen molar-refractivity contribution < 1.29 is 9.59 Å². The molecule has 4 N–H and O–H groups in total. The number of hydrogen-bond donors (Lipinski definition) is 3. The van der Waals surface area contributed by atoms with Crippen molar-refractivity contribution in [2.24, 2.45) is 11.7 Å². The Balaban J connectivity index is 1.59. The highest BCUT2D eigenvalue weighted by Crippen LogP contribution is 2.33. The zero-order valence-electron chi connectivity index (χ0n) is 14.1. The molecule has 0 aromatic heterocycles. The first kappa shape index (κ1) is 16.9. The van der Waals surface area contributed by atoms with E-state index in [1.54, 1.807) is 0 Å². The first-order chi connectivity index (χ1) is 11.6. The van der Waals surface area contributed by atoms with Crippen LogP contribution in [0.25, 0.3) is 0 Å². The van der Waals surface area contributed by atoms with Gasteiger partial charge in [-0.1, -0.05) is 30.3 Å². The molecule has 0 bridgehead atoms. The lowest BCUT2D eigenvalue weighted by atomic mass is 9.89. The summed E-state index contributed by atoms with van der Waals surface area (Å²) in [5.74, 6) is 0.396. The summed E-state index contributed by atoms with van der Waals surface area (Å²) in [6, 6.07) is 9.80. The van der Waals surface area contributed by atoms with Gasteiger partial charge in [0.25, 0.3) is 0 Å². The fourth-order valence-corrected chi connectivity index (χ4v) is 3.37. The van der Waals surface area contributed by atoms with E-state index in [1.807, 2.05) is 25.1 Å². The highest BCUT2D eigenvalue weighted by Gasteiger charge is 2.37. The highest BCUT2D eigenvalue weighted by atomic mass is 16.2. The van der Waals surface area contributed by atoms with E-state index < -0.39 is 0 Å². The lowest BCUT2D eigenvalue weighted by molar-refractivity contribution is -0.124. The number of nitrogens with zero attached hydrogens (tertiary/aromatic N) is 1. The molecule has 1 unspecified atom stereocenters. The molecule has 3 atom stereocenters. The molecule has 3 rings (SSSR count). The summed E-state index contributed by atoms with van der Waals surface area (Å²) in [4.78, 5) is 26.2. The first-order valence-corrected chi connectivity index (χ1v) is 8.69. The van der Waals surface area contributed by atoms with Gasteiger partial charge in [0, 0.05) is 25.0 Å². The number of benzene rings is 1. The average Bonchev–Trinajstić information content (AvgIpc) is 3.29. The van der Waals surface area contributed by atoms with Crippen LogP contribution in [0.2, 0.25) is 0 Å². The van der Waals surface area contributed by atoms with Crippen molar-refractivity contribution in [3.63, 3.8) is 0 Å². The fourth-order valence-electron chi connectivity index (χ4n) is 3.37. The minimum Gasteiger partial charge on any atom is -0.335 e. The summed E-state index contributed by atoms with van der Waals surface area (Å²) >= 11 is 0. The lowest BCUT2D eigenvalue weighted by Gasteiger charge is -2.23. The van der Waals surface area contributed by atoms with Gasteiger partial charge in [0.15, 0.2) is 0 Å². The summed E-state index contributed by atoms with van der Waals surface area (Å²) in [5.41, 5.74) is 7.21. The van der Waals surface area contributed by atoms with Gasteiger partial charge in [-0.3, -0.25) is 15.0 Å². The van der Waals surface area contributed by atoms with Gasteiger partial charge in [-0.15, -0.1) is 0 Å². The monoisotopic (exact) mass is 330 g/mol. The minimum atomic E-state index is -0.386. The number of imide groups is 1. The maximum absolute atomic E-state index is 12.3. The third-order valence-corrected chi connectivity index (χ3v) is 5.08. The van der Waals surface area contributed by atoms with Crippen LogP contribution >= 0.6 is 0 Å². The van der Waals surface area contributed by atoms with E-state index in [0.29, 0.717) is 18.4 Å². The Kier molecular flexibility index (Phi) is 5.16. The molecule has 1 aliphatic heterocycles. The Morgan fingerprint density at radius 1 is 1.25 bits per heavy atom. The standard InChI is InChI=1S/C18H26N4O2/c1-12(17(23)21-18(24)20-15-7-8-15)22-10-14(9-19)16(11-22)13-5-3-2-4-6-13/h2-6,12,14-16H,7-11,19H2,1H3,(H2,20,21,23,24)/t12?,14-,16+/m1/s1. The Hall–Kier alpha value is -1.92. The molecule has 1 saturated carbocycles. The third-order valence-electron chi connectivity index (χ3n) is 5.08. The minimum absolute atomic E-state index is 0.240. The van der Waals surface area contributed by atoms with Crippen LogP contribution in [0.3, 0.4) is 0 Å². The van der Waals surface area contributed by atoms with Crippen molar-refractivity contribution in [1.82, 2.24) is 15.5 Å². The van der Waals surface area contributed by atoms with E-state index in [4.69, 9.17) is 5.73 Å². The predicted molar refractivity (Wildman–Crippen MR) is 92.5 cm³/mol. The predicted octanol–water partition coefficient (Wildman–Crippen LogP) is 1.04. The lowest BCUT2D eigenvalue weighted by Crippen LogP contribution is -2.49. The Bertz CT molecular complexity index is 588. The Labute approximate surface area is 142 Å². The number of hydrogen-bond acceptors (Lipinski definition) is 4. The molecule has 1 aromatic carbocycles. The molecule has 1 heterocycles. The molecule has 1 aromatic rings. The number of nitrogens with one attached hydrogen (secondary N) is 2. The van der Waals surface area contributed by atoms with Crippen LogP contribution in [-0.2, 0) is 4.79 Å². The number of rotatable bonds is 5. The summed E-state index contributed by atoms with van der Waals surface area (Å²) in [5, 5.41) is 5.23. The highest BCUT2D eigenvalue weighted by molar-refractivity contribution is 5.97. The van der Waals surface area contributed by atoms with Crippen molar-refractivity contribution in [2.75, 3.05) is 19.6 Å². The van der Waals surface area contributed by atoms with E-state index in [1.165, 1.54) is 5.56 Å². The second-order valence-electron chi connectivity index (χ2n) is 6.88. The number of carbonyl (C=O) groups is 2. The molecule has 130 valence electrons. The van der Waals surface area contributed by atoms with E-state index in [9.17, 15) is 9.59 Å². The molecular weight excluding hydrogens is 304 g/mol. The molecule has 0 spiro atoms. The molecule has 6 nitrogen and oxygen atoms in total. The number of carbonyl (C=O) groups excluding carboxylic acids is 2. The van der Waals surface area contributed by atoms with Gasteiger partial charge in [0.05, 0.1) is 6.04 Å². The Morgan fingerprint density at radius 2 is 1.96 bits per heavy atom. The van der Waals surface area contributed by atoms with Crippen molar-refractivity contribution in [1.29, 1.82) is 0 Å². The van der Waals surface area contributed by atoms with E-state index in [2.05, 4.69) is 27.7 Å². The molecule has 6 heteroatoms. The Morgan fingerprint density at radius 3 is 2.58 bits per heavy atom. The van der Waals surface area contributed by atoms with Gasteiger partial charge in [0.2, 0.25) is 5.91 Å². The molecule has 0 radical (unpaired) electrons. The molecule has 1 saturated heterocycles. The van der Waals surface area contributed by atoms with Crippen molar-refractivity contribution >= 4 is 11.9 Å². The summed E-state index contributed by atoms with van der Waals surface area (Å²) in [6.07, 6.45) is 2.00. The van der Waals surface area contributed by atoms with Crippen LogP contribution in [0.15, 0.2) is 30.3 Å². The van der Waals surface area contributed by atoms with Crippen LogP contribution in [0.4, 0.5) is 4.79 Å². The first-order valence-electron chi connectivity index (χ1n) is 8.69. The zero-order valence-corrected chi connectivity index (χ0v) is 14.1. The SMILES string of the molecule is CC(C(=O)NC(=O)NC1CC1)N1C[C@@H](CN)[C@H](c2ccccc2)C1. The van der Waals surface area contributed by atoms with Crippen LogP contribution in [0.1, 0.15) is 31.2 Å². The van der Waals surface area contributed by atoms with Crippen molar-refractivity contribution in [3.05, 3.63) is 35.9 Å². The van der Waals surface area contributed by atoms with Gasteiger partial charge >= 0.3 is 6.03 Å². The van der Waals surface area contributed by atoms with Crippen LogP contribution < -0.4 is 16.4 Å². The molecular formula is C18H26N4O2. The number of amides is 3. The molecule has 2 aliphatic rings. The zero-order chi connectivity index (χ0) is 17.1. The molecule has 24 heavy (non-hydrogen) atoms. The maximum atomic E-state index is 12.3. The summed E-state index contributed by atoms with van der Waals surface area (Å²) < 4.78 is 0. The van der Waals surface area contributed by atoms with Gasteiger partial charge in [-0.25, -0.2) is 4.79 Å². The smallest absolute Gasteiger partial charge is 0.321 e. The normalized spacial score (nSPS) is 25.2. The van der Waals surface area contributed by atoms with Gasteiger partial charge in [-0.05, 0) is 37.8 Å². The molecule has 2 fully saturated rings. The molecule has 3 amide bonds. The molecule has 1 aliphatic carbocycles. The summed E-state index contributed by atoms with van der Waals surface area (Å²) in [6.45, 7) is 3.99. The van der Waals surface area contributed by atoms with Crippen LogP contribution in [-0.4, -0.2) is 48.6 Å². The van der Waals surface area contributed by atoms with Crippen molar-refractivity contribution in [2.45, 2.75) is 37.8 Å². The topological polar surface area (TPSA) is 87.5 Å². The third kappa shape index (κ3) is 3.94.